The first-order valence-corrected chi connectivity index (χ1v) is 20.3. The lowest BCUT2D eigenvalue weighted by molar-refractivity contribution is -0.0597. The Morgan fingerprint density at radius 1 is 0.644 bits per heavy atom. The van der Waals surface area contributed by atoms with E-state index in [0.717, 1.165) is 6.33 Å². The van der Waals surface area contributed by atoms with Crippen molar-refractivity contribution in [2.75, 3.05) is 43.6 Å². The summed E-state index contributed by atoms with van der Waals surface area (Å²) in [6.07, 6.45) is -4.61. The van der Waals surface area contributed by atoms with Crippen LogP contribution < -0.4 is 22.9 Å². The van der Waals surface area contributed by atoms with Gasteiger partial charge in [-0.3, -0.25) is 31.8 Å². The number of ether oxygens (including phenoxy) is 3. The summed E-state index contributed by atoms with van der Waals surface area (Å²) in [5, 5.41) is 22.4. The van der Waals surface area contributed by atoms with Crippen LogP contribution >= 0.6 is 15.6 Å². The van der Waals surface area contributed by atoms with Crippen molar-refractivity contribution < 1.29 is 61.4 Å². The van der Waals surface area contributed by atoms with Crippen molar-refractivity contribution in [3.05, 3.63) is 38.0 Å². The molecule has 59 heavy (non-hydrogen) atoms. The summed E-state index contributed by atoms with van der Waals surface area (Å²) in [4.78, 5) is 58.1. The van der Waals surface area contributed by atoms with Crippen LogP contribution in [0.1, 0.15) is 12.5 Å². The monoisotopic (exact) mass is 866 g/mol. The number of hydrogen-bond acceptors (Lipinski definition) is 24. The first-order valence-electron chi connectivity index (χ1n) is 17.3. The minimum Gasteiger partial charge on any atom is -0.387 e. The van der Waals surface area contributed by atoms with Gasteiger partial charge in [-0.1, -0.05) is 0 Å². The Balaban J connectivity index is 0.952. The van der Waals surface area contributed by atoms with Crippen molar-refractivity contribution in [2.24, 2.45) is 5.73 Å². The number of nitrogen functional groups attached to an aromatic ring is 3. The fourth-order valence-electron chi connectivity index (χ4n) is 6.46. The van der Waals surface area contributed by atoms with Gasteiger partial charge in [-0.15, -0.1) is 0 Å². The zero-order valence-corrected chi connectivity index (χ0v) is 31.9. The highest BCUT2D eigenvalue weighted by atomic mass is 31.2. The standard InChI is InChI=1S/C28H36N16O13P2/c29-3-12-17(45)19(27(54-12)43-9-40-15-22(31)34-6-37-25(15)43)57-59(49,50)53-4-13-18(46)20(28(55-13)44-10-41-16-23(32)35-7-38-26(16)44)56-58(47,48)52-2-1-51-11-42-8-39-14-21(30)33-5-36-24(14)42/h5-10,12-13,17-20,27-28,45-46H,1-4,11,29H2,(H,47,48)(H,49,50)(H2,30,33,36)(H2,31,34,37)(H2,32,35,38)/t12-,13-,17-,18-,19-,20-,27-,28-/m1/s1. The van der Waals surface area contributed by atoms with Crippen molar-refractivity contribution >= 4 is 66.6 Å². The zero-order valence-electron chi connectivity index (χ0n) is 30.2. The minimum absolute atomic E-state index is 0.00773. The molecule has 0 saturated carbocycles. The Bertz CT molecular complexity index is 2560. The molecule has 2 saturated heterocycles. The van der Waals surface area contributed by atoms with E-state index in [1.807, 2.05) is 0 Å². The van der Waals surface area contributed by atoms with Gasteiger partial charge in [-0.2, -0.15) is 0 Å². The van der Waals surface area contributed by atoms with Gasteiger partial charge in [0, 0.05) is 6.54 Å². The molecule has 0 aromatic carbocycles. The second kappa shape index (κ2) is 16.2. The Labute approximate surface area is 329 Å². The number of nitrogens with zero attached hydrogens (tertiary/aromatic N) is 12. The van der Waals surface area contributed by atoms with Gasteiger partial charge in [-0.25, -0.2) is 54.0 Å². The van der Waals surface area contributed by atoms with E-state index in [1.54, 1.807) is 0 Å². The highest BCUT2D eigenvalue weighted by Crippen LogP contribution is 2.52. The van der Waals surface area contributed by atoms with Crippen LogP contribution in [-0.4, -0.2) is 142 Å². The molecule has 12 N–H and O–H groups in total. The summed E-state index contributed by atoms with van der Waals surface area (Å²) >= 11 is 0. The predicted molar refractivity (Wildman–Crippen MR) is 195 cm³/mol. The highest BCUT2D eigenvalue weighted by molar-refractivity contribution is 7.47. The molecule has 316 valence electrons. The molecule has 2 fully saturated rings. The van der Waals surface area contributed by atoms with Crippen LogP contribution in [0.25, 0.3) is 33.5 Å². The van der Waals surface area contributed by atoms with Gasteiger partial charge in [0.15, 0.2) is 46.9 Å². The van der Waals surface area contributed by atoms with Gasteiger partial charge in [-0.05, 0) is 0 Å². The number of fused-ring (bicyclic) bond motifs is 3. The fraction of sp³-hybridized carbons (Fsp3) is 0.464. The molecule has 0 aliphatic carbocycles. The molecule has 6 aromatic heterocycles. The van der Waals surface area contributed by atoms with Crippen LogP contribution in [0.3, 0.4) is 0 Å². The molecule has 0 spiro atoms. The van der Waals surface area contributed by atoms with Crippen LogP contribution in [0.4, 0.5) is 17.5 Å². The normalized spacial score (nSPS) is 26.9. The van der Waals surface area contributed by atoms with E-state index < -0.39 is 77.9 Å². The van der Waals surface area contributed by atoms with Gasteiger partial charge < -0.3 is 57.1 Å². The number of aliphatic hydroxyl groups is 2. The molecule has 2 aliphatic rings. The molecule has 0 bridgehead atoms. The summed E-state index contributed by atoms with van der Waals surface area (Å²) in [6.45, 7) is -1.82. The maximum Gasteiger partial charge on any atom is 0.472 e. The molecule has 8 heterocycles. The zero-order chi connectivity index (χ0) is 41.6. The van der Waals surface area contributed by atoms with E-state index >= 15 is 0 Å². The van der Waals surface area contributed by atoms with Crippen LogP contribution in [0.15, 0.2) is 38.0 Å². The van der Waals surface area contributed by atoms with E-state index in [-0.39, 0.29) is 59.7 Å². The summed E-state index contributed by atoms with van der Waals surface area (Å²) in [6, 6.07) is 0. The van der Waals surface area contributed by atoms with Crippen molar-refractivity contribution in [3.63, 3.8) is 0 Å². The number of imidazole rings is 3. The molecule has 0 amide bonds. The van der Waals surface area contributed by atoms with E-state index in [1.165, 1.54) is 45.3 Å². The van der Waals surface area contributed by atoms with Crippen molar-refractivity contribution in [1.82, 2.24) is 58.6 Å². The largest absolute Gasteiger partial charge is 0.472 e. The third kappa shape index (κ3) is 8.04. The second-order valence-corrected chi connectivity index (χ2v) is 15.7. The molecule has 0 radical (unpaired) electrons. The maximum absolute atomic E-state index is 13.5. The fourth-order valence-corrected chi connectivity index (χ4v) is 8.30. The van der Waals surface area contributed by atoms with Gasteiger partial charge in [0.25, 0.3) is 0 Å². The highest BCUT2D eigenvalue weighted by Gasteiger charge is 2.52. The van der Waals surface area contributed by atoms with Crippen LogP contribution in [0.5, 0.6) is 0 Å². The smallest absolute Gasteiger partial charge is 0.387 e. The van der Waals surface area contributed by atoms with Crippen LogP contribution in [-0.2, 0) is 48.2 Å². The number of aliphatic hydroxyl groups excluding tert-OH is 2. The number of rotatable bonds is 16. The average Bonchev–Trinajstić information content (AvgIpc) is 4.03. The Hall–Kier alpha value is -4.97. The maximum atomic E-state index is 13.5. The Morgan fingerprint density at radius 3 is 1.68 bits per heavy atom. The summed E-state index contributed by atoms with van der Waals surface area (Å²) in [5.41, 5.74) is 24.7. The van der Waals surface area contributed by atoms with E-state index in [2.05, 4.69) is 44.9 Å². The van der Waals surface area contributed by atoms with Crippen LogP contribution in [0.2, 0.25) is 0 Å². The predicted octanol–water partition coefficient (Wildman–Crippen LogP) is -2.29. The second-order valence-electron chi connectivity index (χ2n) is 12.9. The topological polar surface area (TPSA) is 415 Å². The number of aromatic nitrogens is 12. The molecule has 31 heteroatoms. The van der Waals surface area contributed by atoms with Gasteiger partial charge >= 0.3 is 15.6 Å². The third-order valence-corrected chi connectivity index (χ3v) is 11.2. The lowest BCUT2D eigenvalue weighted by Crippen LogP contribution is -2.37. The molecule has 29 nitrogen and oxygen atoms in total. The Kier molecular flexibility index (Phi) is 11.2. The van der Waals surface area contributed by atoms with Crippen molar-refractivity contribution in [1.29, 1.82) is 0 Å². The molecule has 10 atom stereocenters. The Morgan fingerprint density at radius 2 is 1.12 bits per heavy atom. The number of phosphoric ester groups is 2. The summed E-state index contributed by atoms with van der Waals surface area (Å²) in [5.74, 6) is 0.213. The average molecular weight is 867 g/mol. The summed E-state index contributed by atoms with van der Waals surface area (Å²) in [7, 11) is -10.2. The third-order valence-electron chi connectivity index (χ3n) is 9.23. The van der Waals surface area contributed by atoms with Gasteiger partial charge in [0.05, 0.1) is 38.8 Å². The molecular formula is C28H36N16O13P2. The van der Waals surface area contributed by atoms with Crippen molar-refractivity contribution in [2.45, 2.75) is 55.8 Å². The first kappa shape index (κ1) is 40.8. The van der Waals surface area contributed by atoms with Gasteiger partial charge in [0.2, 0.25) is 0 Å². The first-order chi connectivity index (χ1) is 28.2. The van der Waals surface area contributed by atoms with Gasteiger partial charge in [0.1, 0.15) is 78.9 Å². The van der Waals surface area contributed by atoms with E-state index in [9.17, 15) is 29.1 Å². The SMILES string of the molecule is NC[C@H]1O[C@@H](n2cnc3c(N)ncnc32)[C@H](OP(=O)(O)OC[C@H]2O[C@@H](n3cnc4c(N)ncnc43)[C@H](OP(=O)(O)OCCOCn3cnc4c(N)ncnc43)[C@@H]2O)[C@@H]1O. The molecule has 8 rings (SSSR count). The number of anilines is 3. The number of phosphoric acid groups is 2. The lowest BCUT2D eigenvalue weighted by Gasteiger charge is -2.25. The minimum atomic E-state index is -5.17. The summed E-state index contributed by atoms with van der Waals surface area (Å²) < 4.78 is 69.4. The molecule has 2 aliphatic heterocycles. The molecule has 6 aromatic rings. The number of nitrogens with two attached hydrogens (primary N) is 4. The lowest BCUT2D eigenvalue weighted by atomic mass is 10.1. The van der Waals surface area contributed by atoms with Crippen molar-refractivity contribution in [3.8, 4) is 0 Å². The van der Waals surface area contributed by atoms with E-state index in [4.69, 9.17) is 55.2 Å². The molecular weight excluding hydrogens is 830 g/mol. The quantitative estimate of drug-likeness (QED) is 0.0375. The molecule has 2 unspecified atom stereocenters. The van der Waals surface area contributed by atoms with Crippen LogP contribution in [0, 0.1) is 0 Å². The number of hydrogen-bond donors (Lipinski definition) is 8. The van der Waals surface area contributed by atoms with E-state index in [0.29, 0.717) is 11.2 Å².